The van der Waals surface area contributed by atoms with Crippen LogP contribution in [0, 0.1) is 0 Å². The monoisotopic (exact) mass is 1800 g/mol. The molecule has 6 saturated carbocycles. The molecule has 6 aliphatic carbocycles. The Morgan fingerprint density at radius 1 is 0.267 bits per heavy atom. The Morgan fingerprint density at radius 3 is 0.708 bits per heavy atom. The maximum atomic E-state index is 12.2. The van der Waals surface area contributed by atoms with Crippen LogP contribution in [0.2, 0.25) is 0 Å². The highest BCUT2D eigenvalue weighted by molar-refractivity contribution is 5.37. The fraction of sp³-hybridized carbons (Fsp3) is 0.647. The maximum absolute atomic E-state index is 12.2. The molecule has 0 aliphatic heterocycles. The average Bonchev–Trinajstić information content (AvgIpc) is 0.630. The van der Waals surface area contributed by atoms with Crippen molar-refractivity contribution in [1.82, 2.24) is 29.4 Å². The summed E-state index contributed by atoms with van der Waals surface area (Å²) < 4.78 is 1090. The fourth-order valence-corrected chi connectivity index (χ4v) is 9.04. The molecule has 0 radical (unpaired) electrons. The molecule has 0 amide bonds. The summed E-state index contributed by atoms with van der Waals surface area (Å²) >= 11 is 0. The highest BCUT2D eigenvalue weighted by Crippen LogP contribution is 2.47. The molecule has 0 spiro atoms. The first-order chi connectivity index (χ1) is 108. The summed E-state index contributed by atoms with van der Waals surface area (Å²) in [5.41, 5.74) is -37.6. The first kappa shape index (κ1) is 23.0. The van der Waals surface area contributed by atoms with Gasteiger partial charge in [-0.2, -0.15) is 0 Å². The van der Waals surface area contributed by atoms with Crippen molar-refractivity contribution in [2.75, 3.05) is 165 Å². The largest absolute Gasteiger partial charge is 0.497 e. The number of ether oxygens (including phenoxy) is 6. The lowest BCUT2D eigenvalue weighted by Gasteiger charge is -2.40. The number of likely N-dealkylation sites (N-methyl/N-ethyl adjacent to an activating group) is 6. The first-order valence-corrected chi connectivity index (χ1v) is 32.4. The normalized spacial score (nSPS) is 51.4. The molecule has 672 valence electrons. The van der Waals surface area contributed by atoms with Gasteiger partial charge < -0.3 is 88.5 Å². The van der Waals surface area contributed by atoms with Crippen LogP contribution in [-0.4, -0.2) is 259 Å². The van der Waals surface area contributed by atoms with Crippen LogP contribution in [0.25, 0.3) is 0 Å². The summed E-state index contributed by atoms with van der Waals surface area (Å²) in [4.78, 5) is -0.316. The Bertz CT molecular complexity index is 9960. The second kappa shape index (κ2) is 50.0. The van der Waals surface area contributed by atoms with Gasteiger partial charge in [-0.3, -0.25) is 0 Å². The minimum atomic E-state index is -5.24. The Morgan fingerprint density at radius 2 is 0.475 bits per heavy atom. The number of hydrogen-bond donors (Lipinski definition) is 6. The molecule has 6 aromatic carbocycles. The minimum Gasteiger partial charge on any atom is -0.497 e. The summed E-state index contributed by atoms with van der Waals surface area (Å²) in [6.07, 6.45) is -129. The molecule has 6 unspecified atom stereocenters. The van der Waals surface area contributed by atoms with Gasteiger partial charge in [0.25, 0.3) is 0 Å². The smallest absolute Gasteiger partial charge is 0.118 e. The Labute approximate surface area is 910 Å². The molecular weight excluding hydrogens is 1500 g/mol. The number of aliphatic hydroxyl groups is 6. The number of nitrogens with zero attached hydrogens (tertiary/aromatic N) is 6. The van der Waals surface area contributed by atoms with E-state index >= 15 is 0 Å². The van der Waals surface area contributed by atoms with Gasteiger partial charge in [-0.15, -0.1) is 0 Å². The van der Waals surface area contributed by atoms with Crippen molar-refractivity contribution < 1.29 is 239 Å². The third-order valence-corrected chi connectivity index (χ3v) is 14.2. The first-order valence-electron chi connectivity index (χ1n) is 97.9. The van der Waals surface area contributed by atoms with Gasteiger partial charge in [-0.25, -0.2) is 0 Å². The molecule has 18 heteroatoms. The van der Waals surface area contributed by atoms with Crippen LogP contribution in [0.4, 0.5) is 0 Å². The lowest BCUT2D eigenvalue weighted by atomic mass is 9.72. The number of hydrogen-bond acceptors (Lipinski definition) is 18. The summed E-state index contributed by atoms with van der Waals surface area (Å²) in [6, 6.07) is -35.4. The van der Waals surface area contributed by atoms with E-state index in [9.17, 15) is 37.5 Å². The van der Waals surface area contributed by atoms with Crippen molar-refractivity contribution in [3.63, 3.8) is 0 Å². The van der Waals surface area contributed by atoms with Crippen molar-refractivity contribution in [2.45, 2.75) is 260 Å². The van der Waals surface area contributed by atoms with Crippen LogP contribution in [0.3, 0.4) is 0 Å². The standard InChI is InChI=1S/6C17H27NO2/c6*1-18(2)13-16(17(19)11-5-4-6-12-17)14-7-9-15(20-3)10-8-14/h6*7-10,16,19H,4-6,11-13H2,1-3H3/i1D3,2D3,3D3,4D2,5D2,6D2,7D,8D,9D,10D,11D2,12D2,13D2,16D;1D3,3D3,4D2,5D2,6D2,7D,8D,9D,10D,11D2,12D2,13D2,16D;3D3,4D2,5D2,6D2,7D,8D,9D,10D,11D2,12D2,13D2,16D;1D3,3D3,4D2,5D2,6D2,7D,8D,9D,10D,11D2,12D2,16D;1D3,2D3,3D3,4D2,5D2,6D2,7D,8D,9D,10D,11D2,12D2;3D3,4D2,5D2,6D2,7D,8D,9D,10D,11D2,12D2,16D. The zero-order valence-electron chi connectivity index (χ0n) is 194. The highest BCUT2D eigenvalue weighted by atomic mass is 16.5. The maximum Gasteiger partial charge on any atom is 0.118 e. The van der Waals surface area contributed by atoms with E-state index in [4.69, 9.17) is 173 Å². The average molecular weight is 1800 g/mol. The zero-order valence-corrected chi connectivity index (χ0v) is 62.5. The molecule has 6 aliphatic rings. The van der Waals surface area contributed by atoms with E-state index in [1.807, 2.05) is 0 Å². The molecule has 6 atom stereocenters. The molecular formula is C102H162N6O12. The van der Waals surface area contributed by atoms with Gasteiger partial charge in [-0.1, -0.05) is 187 Å². The van der Waals surface area contributed by atoms with Crippen LogP contribution < -0.4 is 28.4 Å². The Balaban J connectivity index is 0.000000395. The SMILES string of the molecule is [2H]c1c([2H])c(C(CN(C([2H])([2H])[2H])C([2H])([2H])[2H])C2(O)C([2H])([2H])C([2H])([2H])C([2H])([2H])C([2H])([2H])C2([2H])[2H])c([2H])c([2H])c1OC([2H])([2H])[2H].[2H]c1c([2H])c(C([2H])(C([2H])([2H])N(C([2H])([2H])[2H])C([2H])([2H])[2H])C2(O)C([2H])([2H])C([2H])([2H])C([2H])([2H])C([2H])([2H])C2([2H])[2H])c([2H])c([2H])c1OC([2H])([2H])[2H].[2H]c1c([2H])c(C([2H])(C([2H])([2H])N(C)C([2H])([2H])[2H])C2(O)C([2H])([2H])C([2H])([2H])C([2H])([2H])C([2H])([2H])C2([2H])[2H])c([2H])c([2H])c1OC([2H])([2H])[2H].[2H]c1c([2H])c(C([2H])(C([2H])([2H])N(C)C)C2(O)C([2H])([2H])C([2H])([2H])C([2H])([2H])C([2H])([2H])C2([2H])[2H])c([2H])c([2H])c1OC([2H])([2H])[2H].[2H]c1c([2H])c(C([2H])(CN(C)C([2H])([2H])[2H])C2(O)C([2H])([2H])C([2H])([2H])C([2H])([2H])C([2H])([2H])C2([2H])[2H])c([2H])c([2H])c1OC([2H])([2H])[2H].[2H]c1c([2H])c(C([2H])(CN(C)C)C2(O)C([2H])([2H])C([2H])([2H])C([2H])([2H])C([2H])([2H])C2([2H])[2H])c([2H])c([2H])c1OC([2H])([2H])[2H]. The lowest BCUT2D eigenvalue weighted by Crippen LogP contribution is -2.42. The van der Waals surface area contributed by atoms with Crippen LogP contribution >= 0.6 is 0 Å². The number of rotatable bonds is 30. The highest BCUT2D eigenvalue weighted by Gasteiger charge is 2.45. The second-order valence-electron chi connectivity index (χ2n) is 23.4. The van der Waals surface area contributed by atoms with Gasteiger partial charge in [0.2, 0.25) is 0 Å². The molecule has 0 bridgehead atoms. The van der Waals surface area contributed by atoms with E-state index in [2.05, 4.69) is 28.4 Å². The molecule has 0 heterocycles. The Kier molecular flexibility index (Phi) is 9.55. The van der Waals surface area contributed by atoms with E-state index in [-0.39, 0.29) is 9.80 Å². The summed E-state index contributed by atoms with van der Waals surface area (Å²) in [5.74, 6) is -31.9. The molecule has 120 heavy (non-hydrogen) atoms. The topological polar surface area (TPSA) is 196 Å². The van der Waals surface area contributed by atoms with Gasteiger partial charge in [0.15, 0.2) is 0 Å². The van der Waals surface area contributed by atoms with Crippen molar-refractivity contribution in [3.8, 4) is 34.5 Å². The fourth-order valence-electron chi connectivity index (χ4n) is 9.04. The predicted molar refractivity (Wildman–Crippen MR) is 494 cm³/mol. The van der Waals surface area contributed by atoms with E-state index in [1.54, 1.807) is 0 Å². The van der Waals surface area contributed by atoms with Crippen LogP contribution in [0.5, 0.6) is 34.5 Å². The summed E-state index contributed by atoms with van der Waals surface area (Å²) in [5, 5.41) is 72.2. The molecule has 6 N–H and O–H groups in total. The third kappa shape index (κ3) is 31.1. The summed E-state index contributed by atoms with van der Waals surface area (Å²) in [7, 11) is -14.8. The van der Waals surface area contributed by atoms with E-state index in [1.165, 1.54) is 14.1 Å². The molecule has 6 aromatic rings. The van der Waals surface area contributed by atoms with E-state index in [0.29, 0.717) is 11.9 Å². The second-order valence-corrected chi connectivity index (χ2v) is 23.4. The molecule has 12 rings (SSSR count). The van der Waals surface area contributed by atoms with Crippen molar-refractivity contribution >= 4 is 0 Å². The van der Waals surface area contributed by atoms with Gasteiger partial charge in [0.05, 0.1) is 133 Å². The van der Waals surface area contributed by atoms with E-state index < -0.39 is 606 Å². The third-order valence-electron chi connectivity index (χ3n) is 14.2. The van der Waals surface area contributed by atoms with Crippen molar-refractivity contribution in [1.29, 1.82) is 0 Å². The zero-order chi connectivity index (χ0) is 202. The van der Waals surface area contributed by atoms with Crippen molar-refractivity contribution in [2.24, 2.45) is 0 Å². The molecule has 18 nitrogen and oxygen atoms in total. The number of methoxy groups -OCH3 is 6. The van der Waals surface area contributed by atoms with Crippen LogP contribution in [0.1, 0.15) is 440 Å². The van der Waals surface area contributed by atoms with Gasteiger partial charge in [0, 0.05) is 197 Å². The minimum absolute atomic E-state index is 0.220. The lowest BCUT2D eigenvalue weighted by molar-refractivity contribution is -0.0280. The van der Waals surface area contributed by atoms with Gasteiger partial charge >= 0.3 is 0 Å². The van der Waals surface area contributed by atoms with Gasteiger partial charge in [0.1, 0.15) is 34.5 Å². The number of benzene rings is 6. The molecule has 0 saturated heterocycles. The van der Waals surface area contributed by atoms with Gasteiger partial charge in [-0.05, 0) is 267 Å². The van der Waals surface area contributed by atoms with Crippen molar-refractivity contribution in [3.05, 3.63) is 178 Å². The molecule has 0 aromatic heterocycles. The predicted octanol–water partition coefficient (Wildman–Crippen LogP) is 18.2. The Hall–Kier alpha value is -6.36. The summed E-state index contributed by atoms with van der Waals surface area (Å²) in [6.45, 7) is -40.3. The van der Waals surface area contributed by atoms with Crippen LogP contribution in [0.15, 0.2) is 145 Å². The molecule has 6 fully saturated rings. The van der Waals surface area contributed by atoms with Crippen LogP contribution in [-0.2, 0) is 0 Å². The van der Waals surface area contributed by atoms with E-state index in [0.717, 1.165) is 26.0 Å². The quantitative estimate of drug-likeness (QED) is 0.0249.